The minimum Gasteiger partial charge on any atom is -0.478 e. The molecule has 3 nitrogen and oxygen atoms in total. The molecule has 0 atom stereocenters. The molecule has 0 aromatic heterocycles. The standard InChI is InChI=1S/C20H19NO2/c1-2-3-9-15-10-7-8-13-17(15)18(14-21)19(20(22)23)16-11-5-4-6-12-16/h4-8,10-13H,2-3,9H2,1H3,(H,22,23). The van der Waals surface area contributed by atoms with Crippen LogP contribution in [0.25, 0.3) is 11.1 Å². The Hall–Kier alpha value is -2.86. The number of hydrogen-bond acceptors (Lipinski definition) is 2. The Morgan fingerprint density at radius 2 is 1.74 bits per heavy atom. The van der Waals surface area contributed by atoms with Crippen molar-refractivity contribution in [3.8, 4) is 6.07 Å². The van der Waals surface area contributed by atoms with Crippen molar-refractivity contribution in [1.82, 2.24) is 0 Å². The number of benzene rings is 2. The molecule has 23 heavy (non-hydrogen) atoms. The van der Waals surface area contributed by atoms with Crippen LogP contribution in [0, 0.1) is 11.3 Å². The SMILES string of the molecule is CCCCc1ccccc1C(C#N)=C(C(=O)O)c1ccccc1. The minimum atomic E-state index is -1.09. The van der Waals surface area contributed by atoms with Gasteiger partial charge in [0.05, 0.1) is 11.1 Å². The van der Waals surface area contributed by atoms with Crippen LogP contribution in [0.15, 0.2) is 54.6 Å². The van der Waals surface area contributed by atoms with Gasteiger partial charge in [-0.2, -0.15) is 5.26 Å². The van der Waals surface area contributed by atoms with Gasteiger partial charge < -0.3 is 5.11 Å². The van der Waals surface area contributed by atoms with Gasteiger partial charge in [0.25, 0.3) is 0 Å². The number of hydrogen-bond donors (Lipinski definition) is 1. The van der Waals surface area contributed by atoms with Crippen LogP contribution >= 0.6 is 0 Å². The second-order valence-corrected chi connectivity index (χ2v) is 5.29. The van der Waals surface area contributed by atoms with E-state index in [0.717, 1.165) is 24.8 Å². The van der Waals surface area contributed by atoms with E-state index in [0.29, 0.717) is 11.1 Å². The summed E-state index contributed by atoms with van der Waals surface area (Å²) in [5, 5.41) is 19.3. The average Bonchev–Trinajstić information content (AvgIpc) is 2.58. The van der Waals surface area contributed by atoms with Gasteiger partial charge in [0, 0.05) is 0 Å². The Kier molecular flexibility index (Phi) is 5.71. The molecule has 0 saturated heterocycles. The minimum absolute atomic E-state index is 0.0528. The molecule has 0 aliphatic carbocycles. The van der Waals surface area contributed by atoms with Crippen LogP contribution in [-0.4, -0.2) is 11.1 Å². The van der Waals surface area contributed by atoms with Crippen LogP contribution in [0.2, 0.25) is 0 Å². The summed E-state index contributed by atoms with van der Waals surface area (Å²) in [7, 11) is 0. The van der Waals surface area contributed by atoms with Crippen LogP contribution in [0.4, 0.5) is 0 Å². The molecule has 3 heteroatoms. The fourth-order valence-electron chi connectivity index (χ4n) is 2.58. The van der Waals surface area contributed by atoms with E-state index in [-0.39, 0.29) is 11.1 Å². The predicted octanol–water partition coefficient (Wildman–Crippen LogP) is 4.55. The largest absolute Gasteiger partial charge is 0.478 e. The molecule has 0 unspecified atom stereocenters. The van der Waals surface area contributed by atoms with Crippen molar-refractivity contribution < 1.29 is 9.90 Å². The number of carboxylic acid groups (broad SMARTS) is 1. The summed E-state index contributed by atoms with van der Waals surface area (Å²) in [5.41, 5.74) is 2.54. The van der Waals surface area contributed by atoms with Crippen LogP contribution in [-0.2, 0) is 11.2 Å². The van der Waals surface area contributed by atoms with Gasteiger partial charge in [-0.1, -0.05) is 67.9 Å². The lowest BCUT2D eigenvalue weighted by atomic mass is 9.91. The molecule has 0 saturated carbocycles. The molecule has 116 valence electrons. The van der Waals surface area contributed by atoms with Crippen molar-refractivity contribution in [3.63, 3.8) is 0 Å². The molecular weight excluding hydrogens is 286 g/mol. The molecule has 0 spiro atoms. The van der Waals surface area contributed by atoms with Crippen LogP contribution in [0.3, 0.4) is 0 Å². The van der Waals surface area contributed by atoms with E-state index in [1.165, 1.54) is 0 Å². The van der Waals surface area contributed by atoms with E-state index in [2.05, 4.69) is 13.0 Å². The molecule has 2 aromatic carbocycles. The van der Waals surface area contributed by atoms with Gasteiger partial charge in [0.1, 0.15) is 6.07 Å². The van der Waals surface area contributed by atoms with E-state index in [1.54, 1.807) is 24.3 Å². The maximum absolute atomic E-state index is 11.8. The highest BCUT2D eigenvalue weighted by Crippen LogP contribution is 2.29. The zero-order valence-corrected chi connectivity index (χ0v) is 13.1. The smallest absolute Gasteiger partial charge is 0.337 e. The molecule has 0 bridgehead atoms. The summed E-state index contributed by atoms with van der Waals surface area (Å²) in [5.74, 6) is -1.09. The first-order chi connectivity index (χ1) is 11.2. The number of rotatable bonds is 6. The Balaban J connectivity index is 2.65. The Bertz CT molecular complexity index is 755. The van der Waals surface area contributed by atoms with E-state index in [1.807, 2.05) is 30.3 Å². The van der Waals surface area contributed by atoms with Crippen molar-refractivity contribution >= 4 is 17.1 Å². The third kappa shape index (κ3) is 3.87. The van der Waals surface area contributed by atoms with Crippen LogP contribution in [0.1, 0.15) is 36.5 Å². The van der Waals surface area contributed by atoms with E-state index < -0.39 is 5.97 Å². The molecule has 0 radical (unpaired) electrons. The summed E-state index contributed by atoms with van der Waals surface area (Å²) >= 11 is 0. The zero-order chi connectivity index (χ0) is 16.7. The maximum Gasteiger partial charge on any atom is 0.337 e. The Morgan fingerprint density at radius 3 is 2.35 bits per heavy atom. The lowest BCUT2D eigenvalue weighted by Gasteiger charge is -2.11. The second-order valence-electron chi connectivity index (χ2n) is 5.29. The third-order valence-electron chi connectivity index (χ3n) is 3.72. The fraction of sp³-hybridized carbons (Fsp3) is 0.200. The van der Waals surface area contributed by atoms with Crippen molar-refractivity contribution in [2.45, 2.75) is 26.2 Å². The first-order valence-electron chi connectivity index (χ1n) is 7.70. The average molecular weight is 305 g/mol. The molecule has 0 fully saturated rings. The number of aryl methyl sites for hydroxylation is 1. The fourth-order valence-corrected chi connectivity index (χ4v) is 2.58. The monoisotopic (exact) mass is 305 g/mol. The van der Waals surface area contributed by atoms with Gasteiger partial charge in [0.2, 0.25) is 0 Å². The summed E-state index contributed by atoms with van der Waals surface area (Å²) < 4.78 is 0. The summed E-state index contributed by atoms with van der Waals surface area (Å²) in [4.78, 5) is 11.8. The van der Waals surface area contributed by atoms with Crippen molar-refractivity contribution in [3.05, 3.63) is 71.3 Å². The van der Waals surface area contributed by atoms with Gasteiger partial charge in [-0.3, -0.25) is 0 Å². The maximum atomic E-state index is 11.8. The molecular formula is C20H19NO2. The van der Waals surface area contributed by atoms with Crippen molar-refractivity contribution in [2.24, 2.45) is 0 Å². The predicted molar refractivity (Wildman–Crippen MR) is 91.6 cm³/mol. The van der Waals surface area contributed by atoms with Crippen LogP contribution < -0.4 is 0 Å². The van der Waals surface area contributed by atoms with Gasteiger partial charge in [-0.15, -0.1) is 0 Å². The normalized spacial score (nSPS) is 11.5. The number of carboxylic acids is 1. The topological polar surface area (TPSA) is 61.1 Å². The zero-order valence-electron chi connectivity index (χ0n) is 13.1. The van der Waals surface area contributed by atoms with Gasteiger partial charge in [0.15, 0.2) is 0 Å². The number of nitrogens with zero attached hydrogens (tertiary/aromatic N) is 1. The van der Waals surface area contributed by atoms with E-state index in [9.17, 15) is 15.2 Å². The summed E-state index contributed by atoms with van der Waals surface area (Å²) in [6.45, 7) is 2.11. The molecule has 0 amide bonds. The van der Waals surface area contributed by atoms with Gasteiger partial charge in [-0.05, 0) is 29.5 Å². The number of unbranched alkanes of at least 4 members (excludes halogenated alkanes) is 1. The van der Waals surface area contributed by atoms with Gasteiger partial charge in [-0.25, -0.2) is 4.79 Å². The summed E-state index contributed by atoms with van der Waals surface area (Å²) in [6.07, 6.45) is 2.88. The molecule has 2 rings (SSSR count). The number of aliphatic carboxylic acids is 1. The number of allylic oxidation sites excluding steroid dienone is 1. The first kappa shape index (κ1) is 16.5. The van der Waals surface area contributed by atoms with E-state index >= 15 is 0 Å². The first-order valence-corrected chi connectivity index (χ1v) is 7.70. The van der Waals surface area contributed by atoms with Crippen molar-refractivity contribution in [1.29, 1.82) is 5.26 Å². The van der Waals surface area contributed by atoms with Gasteiger partial charge >= 0.3 is 5.97 Å². The number of nitriles is 1. The van der Waals surface area contributed by atoms with Crippen LogP contribution in [0.5, 0.6) is 0 Å². The second kappa shape index (κ2) is 7.95. The molecule has 0 aliphatic rings. The number of carbonyl (C=O) groups is 1. The third-order valence-corrected chi connectivity index (χ3v) is 3.72. The molecule has 2 aromatic rings. The summed E-state index contributed by atoms with van der Waals surface area (Å²) in [6, 6.07) is 18.5. The highest BCUT2D eigenvalue weighted by atomic mass is 16.4. The lowest BCUT2D eigenvalue weighted by Crippen LogP contribution is -2.04. The van der Waals surface area contributed by atoms with E-state index in [4.69, 9.17) is 0 Å². The van der Waals surface area contributed by atoms with Crippen molar-refractivity contribution in [2.75, 3.05) is 0 Å². The highest BCUT2D eigenvalue weighted by molar-refractivity contribution is 6.26. The molecule has 1 N–H and O–H groups in total. The Morgan fingerprint density at radius 1 is 1.09 bits per heavy atom. The quantitative estimate of drug-likeness (QED) is 0.484. The lowest BCUT2D eigenvalue weighted by molar-refractivity contribution is -0.130. The Labute approximate surface area is 136 Å². The highest BCUT2D eigenvalue weighted by Gasteiger charge is 2.19. The molecule has 0 heterocycles. The molecule has 0 aliphatic heterocycles.